The maximum atomic E-state index is 11.6. The summed E-state index contributed by atoms with van der Waals surface area (Å²) in [7, 11) is 0. The number of nitrogens with zero attached hydrogens (tertiary/aromatic N) is 2. The summed E-state index contributed by atoms with van der Waals surface area (Å²) in [6.07, 6.45) is 0. The van der Waals surface area contributed by atoms with Crippen LogP contribution in [0.3, 0.4) is 0 Å². The van der Waals surface area contributed by atoms with Crippen LogP contribution in [0.5, 0.6) is 0 Å². The van der Waals surface area contributed by atoms with Gasteiger partial charge >= 0.3 is 0 Å². The Kier molecular flexibility index (Phi) is 3.06. The molecule has 1 heterocycles. The van der Waals surface area contributed by atoms with E-state index < -0.39 is 0 Å². The van der Waals surface area contributed by atoms with Gasteiger partial charge < -0.3 is 5.73 Å². The second kappa shape index (κ2) is 4.51. The number of rotatable bonds is 2. The molecule has 0 aliphatic carbocycles. The molecular weight excluding hydrogens is 214 g/mol. The third-order valence-electron chi connectivity index (χ3n) is 2.72. The van der Waals surface area contributed by atoms with Crippen LogP contribution in [0.2, 0.25) is 0 Å². The van der Waals surface area contributed by atoms with E-state index in [0.717, 1.165) is 16.9 Å². The molecule has 4 nitrogen and oxygen atoms in total. The van der Waals surface area contributed by atoms with Crippen molar-refractivity contribution >= 4 is 0 Å². The Hall–Kier alpha value is -1.94. The van der Waals surface area contributed by atoms with Crippen molar-refractivity contribution < 1.29 is 0 Å². The summed E-state index contributed by atoms with van der Waals surface area (Å²) >= 11 is 0. The van der Waals surface area contributed by atoms with Crippen molar-refractivity contribution in [2.45, 2.75) is 20.4 Å². The zero-order chi connectivity index (χ0) is 12.4. The van der Waals surface area contributed by atoms with Gasteiger partial charge in [-0.3, -0.25) is 4.79 Å². The topological polar surface area (TPSA) is 60.9 Å². The summed E-state index contributed by atoms with van der Waals surface area (Å²) in [6.45, 7) is 4.03. The minimum absolute atomic E-state index is 0.102. The molecule has 0 radical (unpaired) electrons. The molecule has 17 heavy (non-hydrogen) atoms. The van der Waals surface area contributed by atoms with Gasteiger partial charge in [-0.05, 0) is 25.5 Å². The largest absolute Gasteiger partial charge is 0.325 e. The lowest BCUT2D eigenvalue weighted by atomic mass is 10.2. The summed E-state index contributed by atoms with van der Waals surface area (Å²) in [5.74, 6) is 0. The van der Waals surface area contributed by atoms with Gasteiger partial charge in [0.2, 0.25) is 5.43 Å². The number of nitrogens with two attached hydrogens (primary N) is 1. The molecule has 2 aromatic rings. The van der Waals surface area contributed by atoms with Crippen molar-refractivity contribution in [2.24, 2.45) is 5.73 Å². The number of aryl methyl sites for hydroxylation is 2. The van der Waals surface area contributed by atoms with Crippen molar-refractivity contribution in [3.05, 3.63) is 57.5 Å². The highest BCUT2D eigenvalue weighted by atomic mass is 16.1. The van der Waals surface area contributed by atoms with Crippen LogP contribution >= 0.6 is 0 Å². The zero-order valence-corrected chi connectivity index (χ0v) is 9.97. The van der Waals surface area contributed by atoms with Gasteiger partial charge in [0.15, 0.2) is 0 Å². The van der Waals surface area contributed by atoms with Gasteiger partial charge in [0.05, 0.1) is 5.69 Å². The Bertz CT molecular complexity index is 602. The van der Waals surface area contributed by atoms with Crippen LogP contribution in [-0.4, -0.2) is 9.78 Å². The van der Waals surface area contributed by atoms with E-state index in [9.17, 15) is 4.79 Å². The van der Waals surface area contributed by atoms with Gasteiger partial charge in [-0.1, -0.05) is 18.2 Å². The van der Waals surface area contributed by atoms with Gasteiger partial charge in [0.1, 0.15) is 5.69 Å². The molecule has 0 aliphatic heterocycles. The molecule has 0 fully saturated rings. The number of hydrogen-bond donors (Lipinski definition) is 1. The number of hydrogen-bond acceptors (Lipinski definition) is 3. The van der Waals surface area contributed by atoms with Gasteiger partial charge in [-0.25, -0.2) is 4.68 Å². The Balaban J connectivity index is 2.68. The molecule has 0 atom stereocenters. The van der Waals surface area contributed by atoms with Gasteiger partial charge in [-0.2, -0.15) is 5.10 Å². The first kappa shape index (κ1) is 11.5. The molecule has 0 aliphatic rings. The van der Waals surface area contributed by atoms with E-state index in [1.54, 1.807) is 10.7 Å². The molecule has 0 saturated carbocycles. The quantitative estimate of drug-likeness (QED) is 0.844. The summed E-state index contributed by atoms with van der Waals surface area (Å²) in [6, 6.07) is 9.47. The summed E-state index contributed by atoms with van der Waals surface area (Å²) in [5.41, 5.74) is 8.68. The first-order chi connectivity index (χ1) is 8.13. The van der Waals surface area contributed by atoms with Crippen molar-refractivity contribution in [2.75, 3.05) is 0 Å². The predicted molar refractivity (Wildman–Crippen MR) is 67.2 cm³/mol. The minimum Gasteiger partial charge on any atom is -0.325 e. The van der Waals surface area contributed by atoms with E-state index in [0.29, 0.717) is 5.69 Å². The molecule has 1 aromatic carbocycles. The first-order valence-electron chi connectivity index (χ1n) is 5.49. The summed E-state index contributed by atoms with van der Waals surface area (Å²) in [4.78, 5) is 11.6. The van der Waals surface area contributed by atoms with Crippen LogP contribution in [-0.2, 0) is 6.54 Å². The van der Waals surface area contributed by atoms with Gasteiger partial charge in [-0.15, -0.1) is 0 Å². The first-order valence-corrected chi connectivity index (χ1v) is 5.49. The van der Waals surface area contributed by atoms with Crippen LogP contribution in [0.1, 0.15) is 17.0 Å². The van der Waals surface area contributed by atoms with E-state index in [1.165, 1.54) is 0 Å². The summed E-state index contributed by atoms with van der Waals surface area (Å²) in [5, 5.41) is 4.30. The van der Waals surface area contributed by atoms with Crippen LogP contribution in [0.15, 0.2) is 35.1 Å². The monoisotopic (exact) mass is 229 g/mol. The Morgan fingerprint density at radius 2 is 2.00 bits per heavy atom. The van der Waals surface area contributed by atoms with Crippen LogP contribution in [0.25, 0.3) is 5.69 Å². The molecule has 4 heteroatoms. The van der Waals surface area contributed by atoms with Gasteiger partial charge in [0.25, 0.3) is 0 Å². The number of aromatic nitrogens is 2. The lowest BCUT2D eigenvalue weighted by Crippen LogP contribution is -2.21. The smallest absolute Gasteiger partial charge is 0.204 e. The van der Waals surface area contributed by atoms with Crippen molar-refractivity contribution in [3.63, 3.8) is 0 Å². The van der Waals surface area contributed by atoms with E-state index in [-0.39, 0.29) is 12.0 Å². The maximum absolute atomic E-state index is 11.6. The van der Waals surface area contributed by atoms with Crippen LogP contribution < -0.4 is 11.2 Å². The highest BCUT2D eigenvalue weighted by molar-refractivity contribution is 5.40. The lowest BCUT2D eigenvalue weighted by molar-refractivity contribution is 0.747. The predicted octanol–water partition coefficient (Wildman–Crippen LogP) is 1.31. The Morgan fingerprint density at radius 1 is 1.29 bits per heavy atom. The molecule has 0 amide bonds. The average Bonchev–Trinajstić information content (AvgIpc) is 2.31. The standard InChI is InChI=1S/C13H15N3O/c1-9-5-3-4-6-12(9)16-10(2)7-13(17)11(8-14)15-16/h3-7H,8,14H2,1-2H3. The summed E-state index contributed by atoms with van der Waals surface area (Å²) < 4.78 is 1.76. The fourth-order valence-electron chi connectivity index (χ4n) is 1.77. The minimum atomic E-state index is -0.102. The highest BCUT2D eigenvalue weighted by Gasteiger charge is 2.07. The number of para-hydroxylation sites is 1. The molecule has 2 N–H and O–H groups in total. The zero-order valence-electron chi connectivity index (χ0n) is 9.97. The third kappa shape index (κ3) is 2.12. The highest BCUT2D eigenvalue weighted by Crippen LogP contribution is 2.13. The van der Waals surface area contributed by atoms with E-state index in [4.69, 9.17) is 5.73 Å². The third-order valence-corrected chi connectivity index (χ3v) is 2.72. The molecular formula is C13H15N3O. The maximum Gasteiger partial charge on any atom is 0.204 e. The van der Waals surface area contributed by atoms with Crippen molar-refractivity contribution in [1.29, 1.82) is 0 Å². The molecule has 1 aromatic heterocycles. The number of benzene rings is 1. The second-order valence-corrected chi connectivity index (χ2v) is 4.00. The Morgan fingerprint density at radius 3 is 2.65 bits per heavy atom. The average molecular weight is 229 g/mol. The van der Waals surface area contributed by atoms with Crippen LogP contribution in [0.4, 0.5) is 0 Å². The fourth-order valence-corrected chi connectivity index (χ4v) is 1.77. The second-order valence-electron chi connectivity index (χ2n) is 4.00. The van der Waals surface area contributed by atoms with Crippen LogP contribution in [0, 0.1) is 13.8 Å². The van der Waals surface area contributed by atoms with E-state index >= 15 is 0 Å². The SMILES string of the molecule is Cc1ccccc1-n1nc(CN)c(=O)cc1C. The molecule has 0 saturated heterocycles. The van der Waals surface area contributed by atoms with E-state index in [1.807, 2.05) is 38.1 Å². The van der Waals surface area contributed by atoms with Crippen molar-refractivity contribution in [3.8, 4) is 5.69 Å². The lowest BCUT2D eigenvalue weighted by Gasteiger charge is -2.12. The van der Waals surface area contributed by atoms with Crippen molar-refractivity contribution in [1.82, 2.24) is 9.78 Å². The Labute approximate surface area is 99.7 Å². The molecule has 0 unspecified atom stereocenters. The molecule has 0 spiro atoms. The fraction of sp³-hybridized carbons (Fsp3) is 0.231. The normalized spacial score (nSPS) is 10.5. The molecule has 0 bridgehead atoms. The molecule has 2 rings (SSSR count). The van der Waals surface area contributed by atoms with E-state index in [2.05, 4.69) is 5.10 Å². The molecule has 88 valence electrons. The van der Waals surface area contributed by atoms with Gasteiger partial charge in [0, 0.05) is 18.3 Å².